The van der Waals surface area contributed by atoms with Crippen LogP contribution in [-0.2, 0) is 0 Å². The van der Waals surface area contributed by atoms with E-state index in [-0.39, 0.29) is 27.6 Å². The SMILES string of the molecule is O=C(O)c1ccccc1-c1c2ccc(=O)c(F)c-2oc2c(F)c(O)ccc12. The average molecular weight is 368 g/mol. The van der Waals surface area contributed by atoms with E-state index in [0.717, 1.165) is 12.1 Å². The summed E-state index contributed by atoms with van der Waals surface area (Å²) in [7, 11) is 0. The van der Waals surface area contributed by atoms with Crippen LogP contribution in [0.25, 0.3) is 33.4 Å². The van der Waals surface area contributed by atoms with Gasteiger partial charge in [0.1, 0.15) is 0 Å². The highest BCUT2D eigenvalue weighted by molar-refractivity contribution is 6.07. The highest BCUT2D eigenvalue weighted by atomic mass is 19.1. The number of carboxylic acid groups (broad SMARTS) is 1. The Kier molecular flexibility index (Phi) is 3.66. The number of hydrogen-bond donors (Lipinski definition) is 2. The summed E-state index contributed by atoms with van der Waals surface area (Å²) in [4.78, 5) is 23.3. The van der Waals surface area contributed by atoms with E-state index in [0.29, 0.717) is 0 Å². The van der Waals surface area contributed by atoms with Gasteiger partial charge in [-0.15, -0.1) is 0 Å². The van der Waals surface area contributed by atoms with Crippen LogP contribution in [0.1, 0.15) is 10.4 Å². The molecule has 0 spiro atoms. The molecule has 134 valence electrons. The molecule has 1 aliphatic heterocycles. The van der Waals surface area contributed by atoms with Gasteiger partial charge in [-0.3, -0.25) is 4.79 Å². The molecule has 0 radical (unpaired) electrons. The van der Waals surface area contributed by atoms with Crippen molar-refractivity contribution in [1.29, 1.82) is 0 Å². The van der Waals surface area contributed by atoms with Crippen molar-refractivity contribution in [1.82, 2.24) is 0 Å². The Morgan fingerprint density at radius 1 is 0.926 bits per heavy atom. The van der Waals surface area contributed by atoms with E-state index in [1.165, 1.54) is 30.3 Å². The number of rotatable bonds is 2. The van der Waals surface area contributed by atoms with Crippen LogP contribution in [0.2, 0.25) is 0 Å². The maximum Gasteiger partial charge on any atom is 0.336 e. The van der Waals surface area contributed by atoms with E-state index in [1.807, 2.05) is 0 Å². The van der Waals surface area contributed by atoms with Gasteiger partial charge >= 0.3 is 5.97 Å². The van der Waals surface area contributed by atoms with Gasteiger partial charge in [0.2, 0.25) is 17.1 Å². The minimum atomic E-state index is -1.23. The third-order valence-electron chi connectivity index (χ3n) is 4.31. The van der Waals surface area contributed by atoms with E-state index in [9.17, 15) is 28.6 Å². The van der Waals surface area contributed by atoms with Gasteiger partial charge in [0.15, 0.2) is 17.1 Å². The highest BCUT2D eigenvalue weighted by Gasteiger charge is 2.26. The summed E-state index contributed by atoms with van der Waals surface area (Å²) in [5, 5.41) is 19.3. The number of aromatic hydroxyl groups is 1. The van der Waals surface area contributed by atoms with Crippen molar-refractivity contribution in [3.63, 3.8) is 0 Å². The predicted molar refractivity (Wildman–Crippen MR) is 93.1 cm³/mol. The van der Waals surface area contributed by atoms with Gasteiger partial charge in [0.25, 0.3) is 0 Å². The lowest BCUT2D eigenvalue weighted by Crippen LogP contribution is -2.09. The van der Waals surface area contributed by atoms with E-state index in [4.69, 9.17) is 4.42 Å². The van der Waals surface area contributed by atoms with Crippen molar-refractivity contribution in [2.45, 2.75) is 0 Å². The number of halogens is 2. The Labute approximate surface area is 150 Å². The number of hydrogen-bond acceptors (Lipinski definition) is 4. The van der Waals surface area contributed by atoms with Crippen LogP contribution < -0.4 is 5.43 Å². The first kappa shape index (κ1) is 16.7. The Morgan fingerprint density at radius 2 is 1.67 bits per heavy atom. The lowest BCUT2D eigenvalue weighted by atomic mass is 9.90. The number of phenols is 1. The zero-order valence-corrected chi connectivity index (χ0v) is 13.5. The fourth-order valence-electron chi connectivity index (χ4n) is 3.10. The summed E-state index contributed by atoms with van der Waals surface area (Å²) < 4.78 is 34.1. The molecule has 1 heterocycles. The van der Waals surface area contributed by atoms with E-state index in [1.54, 1.807) is 6.07 Å². The number of aromatic carboxylic acids is 1. The second kappa shape index (κ2) is 5.91. The monoisotopic (exact) mass is 368 g/mol. The van der Waals surface area contributed by atoms with Gasteiger partial charge in [-0.2, -0.15) is 8.78 Å². The Morgan fingerprint density at radius 3 is 2.41 bits per heavy atom. The van der Waals surface area contributed by atoms with Crippen LogP contribution in [-0.4, -0.2) is 16.2 Å². The fraction of sp³-hybridized carbons (Fsp3) is 0. The molecule has 0 saturated carbocycles. The molecule has 1 aliphatic carbocycles. The standard InChI is InChI=1S/C20H10F2O5/c21-16-13(23)7-5-11-15(9-3-1-2-4-10(9)20(25)26)12-6-8-14(24)17(22)19(12)27-18(11)16/h1-8,23H,(H,25,26). The molecule has 0 fully saturated rings. The van der Waals surface area contributed by atoms with E-state index >= 15 is 0 Å². The molecule has 4 rings (SSSR count). The van der Waals surface area contributed by atoms with Gasteiger partial charge in [0.05, 0.1) is 5.56 Å². The summed E-state index contributed by atoms with van der Waals surface area (Å²) in [6.07, 6.45) is 0. The summed E-state index contributed by atoms with van der Waals surface area (Å²) in [6.45, 7) is 0. The number of benzene rings is 3. The van der Waals surface area contributed by atoms with Crippen molar-refractivity contribution in [3.05, 3.63) is 76.0 Å². The molecule has 2 aromatic rings. The van der Waals surface area contributed by atoms with Gasteiger partial charge in [0, 0.05) is 16.5 Å². The highest BCUT2D eigenvalue weighted by Crippen LogP contribution is 2.43. The van der Waals surface area contributed by atoms with Crippen molar-refractivity contribution < 1.29 is 28.2 Å². The van der Waals surface area contributed by atoms with Gasteiger partial charge < -0.3 is 14.6 Å². The molecule has 7 heteroatoms. The topological polar surface area (TPSA) is 87.7 Å². The molecule has 2 aromatic carbocycles. The van der Waals surface area contributed by atoms with Gasteiger partial charge in [-0.05, 0) is 35.9 Å². The third-order valence-corrected chi connectivity index (χ3v) is 4.31. The van der Waals surface area contributed by atoms with Crippen molar-refractivity contribution >= 4 is 16.9 Å². The van der Waals surface area contributed by atoms with Crippen LogP contribution in [0.5, 0.6) is 5.75 Å². The summed E-state index contributed by atoms with van der Waals surface area (Å²) in [6, 6.07) is 10.7. The maximum absolute atomic E-state index is 14.5. The fourth-order valence-corrected chi connectivity index (χ4v) is 3.10. The average Bonchev–Trinajstić information content (AvgIpc) is 2.66. The summed E-state index contributed by atoms with van der Waals surface area (Å²) in [5.74, 6) is -4.84. The first-order chi connectivity index (χ1) is 12.9. The second-order valence-electron chi connectivity index (χ2n) is 5.86. The molecule has 0 aromatic heterocycles. The third kappa shape index (κ3) is 2.43. The predicted octanol–water partition coefficient (Wildman–Crippen LogP) is 4.25. The summed E-state index contributed by atoms with van der Waals surface area (Å²) in [5.41, 5.74) is -1.04. The minimum Gasteiger partial charge on any atom is -0.505 e. The summed E-state index contributed by atoms with van der Waals surface area (Å²) >= 11 is 0. The molecule has 0 bridgehead atoms. The lowest BCUT2D eigenvalue weighted by molar-refractivity contribution is 0.0697. The van der Waals surface area contributed by atoms with Gasteiger partial charge in [-0.1, -0.05) is 18.2 Å². The smallest absolute Gasteiger partial charge is 0.336 e. The lowest BCUT2D eigenvalue weighted by Gasteiger charge is -2.17. The first-order valence-electron chi connectivity index (χ1n) is 7.79. The minimum absolute atomic E-state index is 0.0913. The molecule has 0 unspecified atom stereocenters. The zero-order valence-electron chi connectivity index (χ0n) is 13.5. The number of fused-ring (bicyclic) bond motifs is 2. The van der Waals surface area contributed by atoms with Crippen LogP contribution >= 0.6 is 0 Å². The Hall–Kier alpha value is -3.74. The molecular weight excluding hydrogens is 358 g/mol. The van der Waals surface area contributed by atoms with Crippen molar-refractivity contribution in [2.75, 3.05) is 0 Å². The van der Waals surface area contributed by atoms with E-state index in [2.05, 4.69) is 0 Å². The van der Waals surface area contributed by atoms with Crippen LogP contribution in [0.3, 0.4) is 0 Å². The first-order valence-corrected chi connectivity index (χ1v) is 7.79. The molecular formula is C20H10F2O5. The Balaban J connectivity index is 2.29. The normalized spacial score (nSPS) is 11.2. The molecule has 5 nitrogen and oxygen atoms in total. The number of carboxylic acids is 1. The van der Waals surface area contributed by atoms with Crippen LogP contribution in [0.4, 0.5) is 8.78 Å². The molecule has 0 atom stereocenters. The maximum atomic E-state index is 14.5. The molecule has 27 heavy (non-hydrogen) atoms. The Bertz CT molecular complexity index is 1260. The van der Waals surface area contributed by atoms with E-state index < -0.39 is 40.1 Å². The quantitative estimate of drug-likeness (QED) is 0.517. The van der Waals surface area contributed by atoms with Crippen molar-refractivity contribution in [3.8, 4) is 28.2 Å². The molecule has 2 N–H and O–H groups in total. The van der Waals surface area contributed by atoms with Crippen molar-refractivity contribution in [2.24, 2.45) is 0 Å². The second-order valence-corrected chi connectivity index (χ2v) is 5.86. The zero-order chi connectivity index (χ0) is 19.3. The molecule has 0 amide bonds. The molecule has 2 aliphatic rings. The number of phenolic OH excluding ortho intramolecular Hbond substituents is 1. The van der Waals surface area contributed by atoms with Crippen LogP contribution in [0, 0.1) is 11.6 Å². The molecule has 0 saturated heterocycles. The largest absolute Gasteiger partial charge is 0.505 e. The van der Waals surface area contributed by atoms with Gasteiger partial charge in [-0.25, -0.2) is 4.79 Å². The number of carbonyl (C=O) groups is 1. The van der Waals surface area contributed by atoms with Crippen LogP contribution in [0.15, 0.2) is 57.7 Å².